The molecule has 2 N–H and O–H groups in total. The molecule has 3 heterocycles. The molecule has 2 aliphatic rings. The Bertz CT molecular complexity index is 1120. The van der Waals surface area contributed by atoms with E-state index in [1.54, 1.807) is 6.07 Å². The number of rotatable bonds is 5. The van der Waals surface area contributed by atoms with E-state index in [-0.39, 0.29) is 12.1 Å². The van der Waals surface area contributed by atoms with Crippen LogP contribution in [0.5, 0.6) is 0 Å². The van der Waals surface area contributed by atoms with Gasteiger partial charge in [-0.2, -0.15) is 0 Å². The van der Waals surface area contributed by atoms with E-state index < -0.39 is 5.91 Å². The Morgan fingerprint density at radius 1 is 1.25 bits per heavy atom. The number of hydrogen-bond acceptors (Lipinski definition) is 5. The Balaban J connectivity index is 1.57. The third-order valence-electron chi connectivity index (χ3n) is 5.79. The number of primary amides is 1. The summed E-state index contributed by atoms with van der Waals surface area (Å²) in [5.74, 6) is 0.759. The van der Waals surface area contributed by atoms with Crippen LogP contribution in [-0.4, -0.2) is 26.9 Å². The molecule has 1 saturated carbocycles. The minimum atomic E-state index is -0.530. The normalized spacial score (nSPS) is 19.6. The lowest BCUT2D eigenvalue weighted by Crippen LogP contribution is -2.39. The summed E-state index contributed by atoms with van der Waals surface area (Å²) in [5, 5.41) is 2.70. The van der Waals surface area contributed by atoms with Gasteiger partial charge >= 0.3 is 0 Å². The zero-order valence-corrected chi connectivity index (χ0v) is 16.3. The fourth-order valence-corrected chi connectivity index (χ4v) is 5.29. The molecule has 3 aromatic rings. The van der Waals surface area contributed by atoms with E-state index in [2.05, 4.69) is 16.3 Å². The molecule has 0 radical (unpaired) electrons. The average Bonchev–Trinajstić information content (AvgIpc) is 3.40. The molecule has 5 rings (SSSR count). The second kappa shape index (κ2) is 6.83. The highest BCUT2D eigenvalue weighted by molar-refractivity contribution is 7.10. The van der Waals surface area contributed by atoms with Crippen LogP contribution >= 0.6 is 11.3 Å². The molecule has 6 nitrogen and oxygen atoms in total. The van der Waals surface area contributed by atoms with Gasteiger partial charge in [0.25, 0.3) is 5.56 Å². The Labute approximate surface area is 166 Å². The number of benzene rings is 1. The van der Waals surface area contributed by atoms with Gasteiger partial charge in [0.2, 0.25) is 5.91 Å². The van der Waals surface area contributed by atoms with E-state index in [0.29, 0.717) is 35.2 Å². The van der Waals surface area contributed by atoms with Gasteiger partial charge < -0.3 is 5.73 Å². The van der Waals surface area contributed by atoms with Crippen molar-refractivity contribution in [2.75, 3.05) is 6.54 Å². The van der Waals surface area contributed by atoms with E-state index >= 15 is 0 Å². The molecule has 1 fully saturated rings. The Morgan fingerprint density at radius 2 is 2.07 bits per heavy atom. The van der Waals surface area contributed by atoms with Gasteiger partial charge in [-0.3, -0.25) is 19.1 Å². The van der Waals surface area contributed by atoms with E-state index in [4.69, 9.17) is 10.7 Å². The topological polar surface area (TPSA) is 81.2 Å². The van der Waals surface area contributed by atoms with Crippen molar-refractivity contribution in [3.63, 3.8) is 0 Å². The number of hydrogen-bond donors (Lipinski definition) is 1. The molecule has 1 atom stereocenters. The highest BCUT2D eigenvalue weighted by Crippen LogP contribution is 2.48. The summed E-state index contributed by atoms with van der Waals surface area (Å²) >= 11 is 1.84. The third kappa shape index (κ3) is 3.04. The molecule has 0 spiro atoms. The lowest BCUT2D eigenvalue weighted by molar-refractivity contribution is -0.118. The van der Waals surface area contributed by atoms with Crippen molar-refractivity contribution in [2.45, 2.75) is 38.4 Å². The van der Waals surface area contributed by atoms with Gasteiger partial charge in [-0.1, -0.05) is 12.1 Å². The van der Waals surface area contributed by atoms with Gasteiger partial charge in [-0.25, -0.2) is 4.98 Å². The molecule has 7 heteroatoms. The molecule has 0 bridgehead atoms. The summed E-state index contributed by atoms with van der Waals surface area (Å²) < 4.78 is 1.46. The van der Waals surface area contributed by atoms with E-state index in [0.717, 1.165) is 13.0 Å². The van der Waals surface area contributed by atoms with Crippen LogP contribution in [0.1, 0.15) is 35.1 Å². The van der Waals surface area contributed by atoms with Crippen LogP contribution in [0.3, 0.4) is 0 Å². The van der Waals surface area contributed by atoms with Gasteiger partial charge in [0.15, 0.2) is 0 Å². The second-order valence-corrected chi connectivity index (χ2v) is 8.71. The molecule has 28 heavy (non-hydrogen) atoms. The van der Waals surface area contributed by atoms with Crippen molar-refractivity contribution < 1.29 is 4.79 Å². The van der Waals surface area contributed by atoms with Crippen LogP contribution in [0, 0.1) is 5.92 Å². The number of amides is 1. The second-order valence-electron chi connectivity index (χ2n) is 7.70. The van der Waals surface area contributed by atoms with Crippen LogP contribution < -0.4 is 11.3 Å². The monoisotopic (exact) mass is 394 g/mol. The molecule has 0 unspecified atom stereocenters. The van der Waals surface area contributed by atoms with Gasteiger partial charge in [0.05, 0.1) is 17.4 Å². The van der Waals surface area contributed by atoms with E-state index in [9.17, 15) is 9.59 Å². The summed E-state index contributed by atoms with van der Waals surface area (Å²) in [7, 11) is 0. The van der Waals surface area contributed by atoms with Crippen LogP contribution in [0.15, 0.2) is 40.5 Å². The smallest absolute Gasteiger partial charge is 0.261 e. The number of carbonyl (C=O) groups is 1. The number of thiophene rings is 1. The highest BCUT2D eigenvalue weighted by Gasteiger charge is 2.40. The van der Waals surface area contributed by atoms with Crippen molar-refractivity contribution in [1.29, 1.82) is 0 Å². The summed E-state index contributed by atoms with van der Waals surface area (Å²) in [6.07, 6.45) is 3.51. The quantitative estimate of drug-likeness (QED) is 0.721. The average molecular weight is 395 g/mol. The molecule has 1 aliphatic carbocycles. The summed E-state index contributed by atoms with van der Waals surface area (Å²) in [5.41, 5.74) is 7.34. The molecule has 1 aromatic carbocycles. The minimum absolute atomic E-state index is 0.141. The number of carbonyl (C=O) groups excluding carboxylic acids is 1. The Kier molecular flexibility index (Phi) is 4.29. The first kappa shape index (κ1) is 17.6. The molecular weight excluding hydrogens is 372 g/mol. The lowest BCUT2D eigenvalue weighted by atomic mass is 9.96. The fourth-order valence-electron chi connectivity index (χ4n) is 4.37. The third-order valence-corrected chi connectivity index (χ3v) is 6.78. The number of fused-ring (bicyclic) bond motifs is 2. The van der Waals surface area contributed by atoms with Crippen molar-refractivity contribution in [3.8, 4) is 0 Å². The Hall–Kier alpha value is -2.51. The van der Waals surface area contributed by atoms with Gasteiger partial charge in [0, 0.05) is 17.5 Å². The van der Waals surface area contributed by atoms with E-state index in [1.807, 2.05) is 29.5 Å². The molecule has 2 aromatic heterocycles. The van der Waals surface area contributed by atoms with Crippen molar-refractivity contribution >= 4 is 28.1 Å². The number of para-hydroxylation sites is 1. The van der Waals surface area contributed by atoms with Gasteiger partial charge in [-0.15, -0.1) is 11.3 Å². The maximum atomic E-state index is 13.0. The van der Waals surface area contributed by atoms with Crippen LogP contribution in [0.25, 0.3) is 10.9 Å². The van der Waals surface area contributed by atoms with Gasteiger partial charge in [-0.05, 0) is 54.3 Å². The molecule has 144 valence electrons. The van der Waals surface area contributed by atoms with Crippen molar-refractivity contribution in [3.05, 3.63) is 62.3 Å². The first-order chi connectivity index (χ1) is 13.6. The van der Waals surface area contributed by atoms with Crippen LogP contribution in [0.4, 0.5) is 0 Å². The number of aromatic nitrogens is 2. The largest absolute Gasteiger partial charge is 0.368 e. The predicted octanol–water partition coefficient (Wildman–Crippen LogP) is 2.45. The molecular formula is C21H22N4O2S. The fraction of sp³-hybridized carbons (Fsp3) is 0.381. The number of nitrogens with two attached hydrogens (primary N) is 1. The highest BCUT2D eigenvalue weighted by atomic mass is 32.1. The van der Waals surface area contributed by atoms with Crippen molar-refractivity contribution in [1.82, 2.24) is 14.5 Å². The zero-order valence-electron chi connectivity index (χ0n) is 15.5. The summed E-state index contributed by atoms with van der Waals surface area (Å²) in [4.78, 5) is 33.3. The SMILES string of the molecule is NC(=O)Cn1c(CN2CCc3sccc3[C@H]2C2CC2)nc2ccccc2c1=O. The molecule has 1 amide bonds. The van der Waals surface area contributed by atoms with Crippen LogP contribution in [0.2, 0.25) is 0 Å². The summed E-state index contributed by atoms with van der Waals surface area (Å²) in [6, 6.07) is 9.91. The standard InChI is InChI=1S/C21H22N4O2S/c22-18(26)11-25-19(23-16-4-2-1-3-14(16)21(25)27)12-24-9-7-17-15(8-10-28-17)20(24)13-5-6-13/h1-4,8,10,13,20H,5-7,9,11-12H2,(H2,22,26)/t20-/m1/s1. The molecule has 1 aliphatic heterocycles. The van der Waals surface area contributed by atoms with Crippen LogP contribution in [-0.2, 0) is 24.3 Å². The van der Waals surface area contributed by atoms with Crippen molar-refractivity contribution in [2.24, 2.45) is 11.7 Å². The van der Waals surface area contributed by atoms with E-state index in [1.165, 1.54) is 27.8 Å². The lowest BCUT2D eigenvalue weighted by Gasteiger charge is -2.36. The summed E-state index contributed by atoms with van der Waals surface area (Å²) in [6.45, 7) is 1.34. The predicted molar refractivity (Wildman–Crippen MR) is 109 cm³/mol. The molecule has 0 saturated heterocycles. The zero-order chi connectivity index (χ0) is 19.3. The minimum Gasteiger partial charge on any atom is -0.368 e. The maximum Gasteiger partial charge on any atom is 0.261 e. The maximum absolute atomic E-state index is 13.0. The Morgan fingerprint density at radius 3 is 2.86 bits per heavy atom. The van der Waals surface area contributed by atoms with Gasteiger partial charge in [0.1, 0.15) is 12.4 Å². The number of nitrogens with zero attached hydrogens (tertiary/aromatic N) is 3. The first-order valence-electron chi connectivity index (χ1n) is 9.69. The first-order valence-corrected chi connectivity index (χ1v) is 10.6.